The van der Waals surface area contributed by atoms with Crippen molar-refractivity contribution in [3.05, 3.63) is 23.8 Å². The van der Waals surface area contributed by atoms with E-state index < -0.39 is 0 Å². The first-order valence-corrected chi connectivity index (χ1v) is 5.63. The van der Waals surface area contributed by atoms with Crippen LogP contribution in [-0.2, 0) is 0 Å². The van der Waals surface area contributed by atoms with Crippen molar-refractivity contribution in [2.45, 2.75) is 26.8 Å². The minimum atomic E-state index is 0.106. The Hall–Kier alpha value is -1.71. The van der Waals surface area contributed by atoms with E-state index in [1.807, 2.05) is 46.0 Å². The summed E-state index contributed by atoms with van der Waals surface area (Å²) in [5.74, 6) is 0.484. The summed E-state index contributed by atoms with van der Waals surface area (Å²) in [5.41, 5.74) is 8.96. The molecule has 1 aliphatic rings. The van der Waals surface area contributed by atoms with E-state index in [-0.39, 0.29) is 6.04 Å². The molecule has 4 nitrogen and oxygen atoms in total. The van der Waals surface area contributed by atoms with Crippen LogP contribution in [0.25, 0.3) is 0 Å². The number of anilines is 2. The standard InChI is InChI=1S/C10H14N4.C2H6/c1-6-9-7(12-2)4-3-5-8(9)14-10(11)13-6;1-2/h3-6,12H,1-2H3,(H3,11,13,14);1-2H3. The third-order valence-corrected chi connectivity index (χ3v) is 2.39. The average molecular weight is 220 g/mol. The molecule has 2 rings (SSSR count). The fraction of sp³-hybridized carbons (Fsp3) is 0.417. The van der Waals surface area contributed by atoms with Crippen molar-refractivity contribution in [2.24, 2.45) is 10.7 Å². The minimum absolute atomic E-state index is 0.106. The molecule has 0 spiro atoms. The highest BCUT2D eigenvalue weighted by molar-refractivity contribution is 5.96. The van der Waals surface area contributed by atoms with E-state index in [4.69, 9.17) is 5.73 Å². The summed E-state index contributed by atoms with van der Waals surface area (Å²) in [4.78, 5) is 4.28. The summed E-state index contributed by atoms with van der Waals surface area (Å²) in [6.45, 7) is 6.04. The number of rotatable bonds is 1. The van der Waals surface area contributed by atoms with E-state index in [2.05, 4.69) is 15.6 Å². The van der Waals surface area contributed by atoms with Gasteiger partial charge >= 0.3 is 0 Å². The third-order valence-electron chi connectivity index (χ3n) is 2.39. The largest absolute Gasteiger partial charge is 0.388 e. The number of hydrogen-bond acceptors (Lipinski definition) is 4. The normalized spacial score (nSPS) is 17.2. The summed E-state index contributed by atoms with van der Waals surface area (Å²) >= 11 is 0. The topological polar surface area (TPSA) is 62.4 Å². The van der Waals surface area contributed by atoms with Crippen molar-refractivity contribution >= 4 is 17.3 Å². The molecule has 0 radical (unpaired) electrons. The molecule has 4 N–H and O–H groups in total. The van der Waals surface area contributed by atoms with Gasteiger partial charge < -0.3 is 16.4 Å². The van der Waals surface area contributed by atoms with Gasteiger partial charge in [-0.05, 0) is 19.1 Å². The molecule has 0 fully saturated rings. The van der Waals surface area contributed by atoms with E-state index >= 15 is 0 Å². The molecular formula is C12H20N4. The first kappa shape index (κ1) is 12.4. The van der Waals surface area contributed by atoms with Crippen molar-refractivity contribution in [1.82, 2.24) is 0 Å². The molecule has 1 aliphatic heterocycles. The number of guanidine groups is 1. The molecule has 0 amide bonds. The van der Waals surface area contributed by atoms with Crippen LogP contribution >= 0.6 is 0 Å². The maximum Gasteiger partial charge on any atom is 0.193 e. The maximum atomic E-state index is 5.65. The van der Waals surface area contributed by atoms with Crippen molar-refractivity contribution in [3.63, 3.8) is 0 Å². The molecule has 0 bridgehead atoms. The Morgan fingerprint density at radius 2 is 2.06 bits per heavy atom. The van der Waals surface area contributed by atoms with Crippen molar-refractivity contribution in [1.29, 1.82) is 0 Å². The van der Waals surface area contributed by atoms with Gasteiger partial charge in [-0.25, -0.2) is 4.99 Å². The monoisotopic (exact) mass is 220 g/mol. The van der Waals surface area contributed by atoms with E-state index in [1.165, 1.54) is 5.56 Å². The Labute approximate surface area is 97.0 Å². The van der Waals surface area contributed by atoms with Crippen LogP contribution in [0, 0.1) is 0 Å². The Kier molecular flexibility index (Phi) is 4.17. The van der Waals surface area contributed by atoms with Crippen LogP contribution in [0.5, 0.6) is 0 Å². The van der Waals surface area contributed by atoms with E-state index in [0.717, 1.165) is 11.4 Å². The van der Waals surface area contributed by atoms with Gasteiger partial charge in [0, 0.05) is 24.0 Å². The second-order valence-electron chi connectivity index (χ2n) is 3.33. The Balaban J connectivity index is 0.000000606. The van der Waals surface area contributed by atoms with Crippen LogP contribution in [0.1, 0.15) is 32.4 Å². The molecule has 1 unspecified atom stereocenters. The molecule has 1 heterocycles. The quantitative estimate of drug-likeness (QED) is 0.681. The Bertz CT molecular complexity index is 385. The molecule has 1 atom stereocenters. The van der Waals surface area contributed by atoms with Gasteiger partial charge in [0.1, 0.15) is 0 Å². The van der Waals surface area contributed by atoms with Gasteiger partial charge in [0.15, 0.2) is 5.96 Å². The number of nitrogens with one attached hydrogen (secondary N) is 2. The zero-order valence-corrected chi connectivity index (χ0v) is 10.3. The smallest absolute Gasteiger partial charge is 0.193 e. The zero-order chi connectivity index (χ0) is 12.1. The first-order valence-electron chi connectivity index (χ1n) is 5.63. The predicted octanol–water partition coefficient (Wildman–Crippen LogP) is 2.56. The molecular weight excluding hydrogens is 200 g/mol. The number of hydrogen-bond donors (Lipinski definition) is 3. The van der Waals surface area contributed by atoms with Crippen LogP contribution < -0.4 is 16.4 Å². The van der Waals surface area contributed by atoms with Crippen LogP contribution in [0.4, 0.5) is 11.4 Å². The third kappa shape index (κ3) is 2.27. The van der Waals surface area contributed by atoms with Crippen LogP contribution in [-0.4, -0.2) is 13.0 Å². The van der Waals surface area contributed by atoms with Gasteiger partial charge in [-0.1, -0.05) is 19.9 Å². The molecule has 1 aromatic rings. The molecule has 0 aliphatic carbocycles. The van der Waals surface area contributed by atoms with Crippen LogP contribution in [0.3, 0.4) is 0 Å². The zero-order valence-electron chi connectivity index (χ0n) is 10.3. The van der Waals surface area contributed by atoms with Gasteiger partial charge in [-0.15, -0.1) is 0 Å². The molecule has 0 saturated carbocycles. The molecule has 1 aromatic carbocycles. The number of benzene rings is 1. The SMILES string of the molecule is CC.CNc1cccc2c1C(C)N=C(N)N2. The van der Waals surface area contributed by atoms with Gasteiger partial charge in [0.05, 0.1) is 6.04 Å². The highest BCUT2D eigenvalue weighted by Gasteiger charge is 2.18. The minimum Gasteiger partial charge on any atom is -0.388 e. The van der Waals surface area contributed by atoms with Crippen LogP contribution in [0.2, 0.25) is 0 Å². The molecule has 16 heavy (non-hydrogen) atoms. The molecule has 88 valence electrons. The lowest BCUT2D eigenvalue weighted by molar-refractivity contribution is 0.811. The lowest BCUT2D eigenvalue weighted by Crippen LogP contribution is -2.27. The number of nitrogens with zero attached hydrogens (tertiary/aromatic N) is 1. The summed E-state index contributed by atoms with van der Waals surface area (Å²) in [7, 11) is 1.91. The molecule has 0 aromatic heterocycles. The number of fused-ring (bicyclic) bond motifs is 1. The van der Waals surface area contributed by atoms with E-state index in [9.17, 15) is 0 Å². The van der Waals surface area contributed by atoms with Crippen molar-refractivity contribution < 1.29 is 0 Å². The predicted molar refractivity (Wildman–Crippen MR) is 71.0 cm³/mol. The second-order valence-corrected chi connectivity index (χ2v) is 3.33. The lowest BCUT2D eigenvalue weighted by Gasteiger charge is -2.23. The highest BCUT2D eigenvalue weighted by Crippen LogP contribution is 2.34. The summed E-state index contributed by atoms with van der Waals surface area (Å²) in [6.07, 6.45) is 0. The Morgan fingerprint density at radius 1 is 1.38 bits per heavy atom. The Morgan fingerprint density at radius 3 is 2.69 bits per heavy atom. The highest BCUT2D eigenvalue weighted by atomic mass is 15.1. The van der Waals surface area contributed by atoms with Gasteiger partial charge in [0.2, 0.25) is 0 Å². The second kappa shape index (κ2) is 5.39. The lowest BCUT2D eigenvalue weighted by atomic mass is 10.0. The van der Waals surface area contributed by atoms with E-state index in [1.54, 1.807) is 0 Å². The van der Waals surface area contributed by atoms with Crippen molar-refractivity contribution in [2.75, 3.05) is 17.7 Å². The van der Waals surface area contributed by atoms with Crippen molar-refractivity contribution in [3.8, 4) is 0 Å². The van der Waals surface area contributed by atoms with Gasteiger partial charge in [-0.2, -0.15) is 0 Å². The van der Waals surface area contributed by atoms with Gasteiger partial charge in [-0.3, -0.25) is 0 Å². The fourth-order valence-corrected chi connectivity index (χ4v) is 1.79. The molecule has 0 saturated heterocycles. The molecule has 4 heteroatoms. The maximum absolute atomic E-state index is 5.65. The number of aliphatic imine (C=N–C) groups is 1. The summed E-state index contributed by atoms with van der Waals surface area (Å²) in [5, 5.41) is 6.20. The van der Waals surface area contributed by atoms with E-state index in [0.29, 0.717) is 5.96 Å². The average Bonchev–Trinajstić information content (AvgIpc) is 2.30. The van der Waals surface area contributed by atoms with Gasteiger partial charge in [0.25, 0.3) is 0 Å². The first-order chi connectivity index (χ1) is 7.72. The summed E-state index contributed by atoms with van der Waals surface area (Å²) in [6, 6.07) is 6.14. The van der Waals surface area contributed by atoms with Crippen LogP contribution in [0.15, 0.2) is 23.2 Å². The fourth-order valence-electron chi connectivity index (χ4n) is 1.79. The number of nitrogens with two attached hydrogens (primary N) is 1. The summed E-state index contributed by atoms with van der Waals surface area (Å²) < 4.78 is 0.